The summed E-state index contributed by atoms with van der Waals surface area (Å²) >= 11 is 0. The molecule has 0 radical (unpaired) electrons. The van der Waals surface area contributed by atoms with E-state index in [1.165, 1.54) is 0 Å². The number of piperidine rings is 1. The minimum atomic E-state index is -2.23. The Morgan fingerprint density at radius 2 is 1.88 bits per heavy atom. The minimum absolute atomic E-state index is 0.0792. The molecule has 0 amide bonds. The molecule has 94 valence electrons. The lowest BCUT2D eigenvalue weighted by molar-refractivity contribution is -0.0150. The van der Waals surface area contributed by atoms with Gasteiger partial charge in [-0.25, -0.2) is 8.78 Å². The van der Waals surface area contributed by atoms with Crippen LogP contribution < -0.4 is 0 Å². The second-order valence-electron chi connectivity index (χ2n) is 4.72. The van der Waals surface area contributed by atoms with Crippen LogP contribution >= 0.6 is 0 Å². The SMILES string of the molecule is CC(c1ccccc1)N1CCCCC1C(F)F. The van der Waals surface area contributed by atoms with Gasteiger partial charge in [0.2, 0.25) is 0 Å². The molecule has 1 heterocycles. The van der Waals surface area contributed by atoms with Crippen LogP contribution in [0.15, 0.2) is 30.3 Å². The number of nitrogens with zero attached hydrogens (tertiary/aromatic N) is 1. The van der Waals surface area contributed by atoms with Gasteiger partial charge in [-0.3, -0.25) is 4.90 Å². The van der Waals surface area contributed by atoms with Crippen molar-refractivity contribution in [2.45, 2.75) is 44.7 Å². The van der Waals surface area contributed by atoms with E-state index in [4.69, 9.17) is 0 Å². The molecule has 0 N–H and O–H groups in total. The van der Waals surface area contributed by atoms with E-state index in [-0.39, 0.29) is 6.04 Å². The van der Waals surface area contributed by atoms with Crippen LogP contribution in [-0.4, -0.2) is 23.9 Å². The van der Waals surface area contributed by atoms with E-state index in [9.17, 15) is 8.78 Å². The third kappa shape index (κ3) is 2.83. The standard InChI is InChI=1S/C14H19F2N/c1-11(12-7-3-2-4-8-12)17-10-6-5-9-13(17)14(15)16/h2-4,7-8,11,13-14H,5-6,9-10H2,1H3. The zero-order valence-electron chi connectivity index (χ0n) is 10.2. The van der Waals surface area contributed by atoms with Crippen molar-refractivity contribution in [3.63, 3.8) is 0 Å². The van der Waals surface area contributed by atoms with Gasteiger partial charge in [0.15, 0.2) is 0 Å². The lowest BCUT2D eigenvalue weighted by Crippen LogP contribution is -2.45. The molecule has 2 unspecified atom stereocenters. The maximum atomic E-state index is 13.0. The number of hydrogen-bond donors (Lipinski definition) is 0. The smallest absolute Gasteiger partial charge is 0.253 e. The summed E-state index contributed by atoms with van der Waals surface area (Å²) in [6.07, 6.45) is 0.337. The highest BCUT2D eigenvalue weighted by Gasteiger charge is 2.33. The van der Waals surface area contributed by atoms with Crippen molar-refractivity contribution in [1.82, 2.24) is 4.90 Å². The number of benzene rings is 1. The van der Waals surface area contributed by atoms with Crippen LogP contribution in [0.2, 0.25) is 0 Å². The van der Waals surface area contributed by atoms with Crippen molar-refractivity contribution in [2.24, 2.45) is 0 Å². The van der Waals surface area contributed by atoms with Crippen LogP contribution in [0, 0.1) is 0 Å². The van der Waals surface area contributed by atoms with E-state index in [1.807, 2.05) is 42.2 Å². The van der Waals surface area contributed by atoms with Crippen LogP contribution in [0.25, 0.3) is 0 Å². The first-order valence-electron chi connectivity index (χ1n) is 6.29. The van der Waals surface area contributed by atoms with E-state index in [2.05, 4.69) is 0 Å². The number of alkyl halides is 2. The highest BCUT2D eigenvalue weighted by molar-refractivity contribution is 5.18. The Morgan fingerprint density at radius 1 is 1.18 bits per heavy atom. The highest BCUT2D eigenvalue weighted by atomic mass is 19.3. The van der Waals surface area contributed by atoms with Gasteiger partial charge in [0.1, 0.15) is 0 Å². The maximum Gasteiger partial charge on any atom is 0.253 e. The average Bonchev–Trinajstić information content (AvgIpc) is 2.39. The van der Waals surface area contributed by atoms with E-state index < -0.39 is 12.5 Å². The van der Waals surface area contributed by atoms with Crippen molar-refractivity contribution in [3.05, 3.63) is 35.9 Å². The van der Waals surface area contributed by atoms with E-state index in [0.717, 1.165) is 24.9 Å². The third-order valence-electron chi connectivity index (χ3n) is 3.66. The summed E-state index contributed by atoms with van der Waals surface area (Å²) < 4.78 is 26.0. The van der Waals surface area contributed by atoms with E-state index in [0.29, 0.717) is 6.42 Å². The number of rotatable bonds is 3. The van der Waals surface area contributed by atoms with Crippen molar-refractivity contribution in [3.8, 4) is 0 Å². The molecule has 1 nitrogen and oxygen atoms in total. The predicted octanol–water partition coefficient (Wildman–Crippen LogP) is 3.87. The number of hydrogen-bond acceptors (Lipinski definition) is 1. The maximum absolute atomic E-state index is 13.0. The highest BCUT2D eigenvalue weighted by Crippen LogP contribution is 2.30. The van der Waals surface area contributed by atoms with Gasteiger partial charge in [0.25, 0.3) is 6.43 Å². The van der Waals surface area contributed by atoms with Gasteiger partial charge in [-0.15, -0.1) is 0 Å². The molecule has 0 spiro atoms. The molecule has 1 saturated heterocycles. The Hall–Kier alpha value is -0.960. The minimum Gasteiger partial charge on any atom is -0.288 e. The van der Waals surface area contributed by atoms with Gasteiger partial charge >= 0.3 is 0 Å². The fourth-order valence-corrected chi connectivity index (χ4v) is 2.65. The zero-order valence-corrected chi connectivity index (χ0v) is 10.2. The Kier molecular flexibility index (Phi) is 4.11. The first-order chi connectivity index (χ1) is 8.20. The normalized spacial score (nSPS) is 23.9. The predicted molar refractivity (Wildman–Crippen MR) is 65.2 cm³/mol. The summed E-state index contributed by atoms with van der Waals surface area (Å²) in [4.78, 5) is 1.96. The molecule has 2 atom stereocenters. The van der Waals surface area contributed by atoms with Crippen LogP contribution in [-0.2, 0) is 0 Å². The molecule has 1 aliphatic heterocycles. The molecule has 1 aromatic carbocycles. The summed E-state index contributed by atoms with van der Waals surface area (Å²) in [7, 11) is 0. The molecule has 1 aromatic rings. The van der Waals surface area contributed by atoms with E-state index >= 15 is 0 Å². The molecule has 0 saturated carbocycles. The van der Waals surface area contributed by atoms with Crippen molar-refractivity contribution in [1.29, 1.82) is 0 Å². The monoisotopic (exact) mass is 239 g/mol. The van der Waals surface area contributed by atoms with Gasteiger partial charge in [-0.1, -0.05) is 36.8 Å². The van der Waals surface area contributed by atoms with Gasteiger partial charge in [-0.2, -0.15) is 0 Å². The van der Waals surface area contributed by atoms with Crippen molar-refractivity contribution in [2.75, 3.05) is 6.54 Å². The lowest BCUT2D eigenvalue weighted by atomic mass is 9.97. The molecule has 1 aliphatic rings. The molecule has 0 bridgehead atoms. The van der Waals surface area contributed by atoms with Gasteiger partial charge in [0.05, 0.1) is 6.04 Å². The topological polar surface area (TPSA) is 3.24 Å². The molecule has 2 rings (SSSR count). The van der Waals surface area contributed by atoms with Crippen molar-refractivity contribution >= 4 is 0 Å². The molecule has 0 aromatic heterocycles. The quantitative estimate of drug-likeness (QED) is 0.774. The second-order valence-corrected chi connectivity index (χ2v) is 4.72. The Labute approximate surface area is 101 Å². The van der Waals surface area contributed by atoms with Gasteiger partial charge in [-0.05, 0) is 31.9 Å². The van der Waals surface area contributed by atoms with Gasteiger partial charge in [0, 0.05) is 6.04 Å². The summed E-state index contributed by atoms with van der Waals surface area (Å²) in [6, 6.07) is 9.43. The summed E-state index contributed by atoms with van der Waals surface area (Å²) in [5.74, 6) is 0. The molecular weight excluding hydrogens is 220 g/mol. The first-order valence-corrected chi connectivity index (χ1v) is 6.29. The van der Waals surface area contributed by atoms with Crippen LogP contribution in [0.1, 0.15) is 37.8 Å². The Morgan fingerprint density at radius 3 is 2.53 bits per heavy atom. The lowest BCUT2D eigenvalue weighted by Gasteiger charge is -2.39. The largest absolute Gasteiger partial charge is 0.288 e. The van der Waals surface area contributed by atoms with Gasteiger partial charge < -0.3 is 0 Å². The number of likely N-dealkylation sites (tertiary alicyclic amines) is 1. The molecule has 17 heavy (non-hydrogen) atoms. The Bertz CT molecular complexity index is 339. The molecule has 0 aliphatic carbocycles. The van der Waals surface area contributed by atoms with Crippen LogP contribution in [0.5, 0.6) is 0 Å². The second kappa shape index (κ2) is 5.58. The van der Waals surface area contributed by atoms with Crippen LogP contribution in [0.4, 0.5) is 8.78 Å². The Balaban J connectivity index is 2.14. The molecular formula is C14H19F2N. The summed E-state index contributed by atoms with van der Waals surface area (Å²) in [5, 5.41) is 0. The van der Waals surface area contributed by atoms with E-state index in [1.54, 1.807) is 0 Å². The van der Waals surface area contributed by atoms with Crippen molar-refractivity contribution < 1.29 is 8.78 Å². The molecule has 1 fully saturated rings. The van der Waals surface area contributed by atoms with Crippen LogP contribution in [0.3, 0.4) is 0 Å². The fraction of sp³-hybridized carbons (Fsp3) is 0.571. The third-order valence-corrected chi connectivity index (χ3v) is 3.66. The molecule has 3 heteroatoms. The first kappa shape index (κ1) is 12.5. The number of halogens is 2. The average molecular weight is 239 g/mol. The fourth-order valence-electron chi connectivity index (χ4n) is 2.65. The summed E-state index contributed by atoms with van der Waals surface area (Å²) in [5.41, 5.74) is 1.13. The summed E-state index contributed by atoms with van der Waals surface area (Å²) in [6.45, 7) is 2.81. The zero-order chi connectivity index (χ0) is 12.3.